The maximum absolute atomic E-state index is 11.6. The number of aldehydes is 1. The fourth-order valence-electron chi connectivity index (χ4n) is 3.59. The first-order valence-corrected chi connectivity index (χ1v) is 8.63. The van der Waals surface area contributed by atoms with Crippen LogP contribution in [0.5, 0.6) is 0 Å². The van der Waals surface area contributed by atoms with E-state index in [1.165, 1.54) is 23.3 Å². The summed E-state index contributed by atoms with van der Waals surface area (Å²) in [5.74, 6) is -1.12. The molecule has 1 aliphatic rings. The van der Waals surface area contributed by atoms with Crippen molar-refractivity contribution in [3.05, 3.63) is 89.3 Å². The number of hydrogen-bond donors (Lipinski definition) is 1. The molecule has 0 spiro atoms. The summed E-state index contributed by atoms with van der Waals surface area (Å²) >= 11 is 0. The number of allylic oxidation sites excluding steroid dienone is 2. The summed E-state index contributed by atoms with van der Waals surface area (Å²) in [6, 6.07) is 11.7. The lowest BCUT2D eigenvalue weighted by Crippen LogP contribution is -2.32. The second-order valence-electron chi connectivity index (χ2n) is 6.38. The number of aromatic carboxylic acids is 1. The number of carbonyl (C=O) groups is 2. The molecule has 2 heterocycles. The standard InChI is InChI=1S/C21H16N4O3/c26-12-4-11-25-17-13-21(15-5-2-1-3-6-15,18-8-10-22-14-23-18)9-7-16(17)19(24-25)20(27)28/h1-12,14H,13H2,(H,27,28). The Hall–Kier alpha value is -3.87. The fourth-order valence-corrected chi connectivity index (χ4v) is 3.59. The topological polar surface area (TPSA) is 98.0 Å². The van der Waals surface area contributed by atoms with Gasteiger partial charge in [-0.1, -0.05) is 42.5 Å². The number of aromatic nitrogens is 4. The number of benzene rings is 1. The van der Waals surface area contributed by atoms with Crippen LogP contribution in [0, 0.1) is 0 Å². The van der Waals surface area contributed by atoms with E-state index in [-0.39, 0.29) is 5.69 Å². The molecule has 3 aromatic rings. The molecule has 0 saturated heterocycles. The molecule has 138 valence electrons. The maximum atomic E-state index is 11.6. The second-order valence-corrected chi connectivity index (χ2v) is 6.38. The normalized spacial score (nSPS) is 18.1. The van der Waals surface area contributed by atoms with E-state index in [0.29, 0.717) is 24.0 Å². The number of carbonyl (C=O) groups excluding carboxylic acids is 1. The molecule has 0 aliphatic heterocycles. The quantitative estimate of drug-likeness (QED) is 0.546. The van der Waals surface area contributed by atoms with Crippen LogP contribution in [0.15, 0.2) is 61.1 Å². The summed E-state index contributed by atoms with van der Waals surface area (Å²) in [5.41, 5.74) is 2.37. The molecular formula is C21H16N4O3. The number of hydrogen-bond acceptors (Lipinski definition) is 5. The highest BCUT2D eigenvalue weighted by molar-refractivity contribution is 5.91. The Kier molecular flexibility index (Phi) is 4.41. The maximum Gasteiger partial charge on any atom is 0.357 e. The SMILES string of the molecule is O=CC=Cn1nc(C(=O)O)c2c1CC(c1ccccc1)(c1ccncn1)C=C2. The van der Waals surface area contributed by atoms with Crippen molar-refractivity contribution in [2.24, 2.45) is 0 Å². The molecule has 2 aromatic heterocycles. The monoisotopic (exact) mass is 372 g/mol. The smallest absolute Gasteiger partial charge is 0.357 e. The number of carboxylic acid groups (broad SMARTS) is 1. The predicted octanol–water partition coefficient (Wildman–Crippen LogP) is 2.60. The van der Waals surface area contributed by atoms with Crippen LogP contribution in [0.1, 0.15) is 33.0 Å². The minimum atomic E-state index is -1.12. The van der Waals surface area contributed by atoms with Gasteiger partial charge in [-0.25, -0.2) is 19.4 Å². The average Bonchev–Trinajstić information content (AvgIpc) is 3.11. The summed E-state index contributed by atoms with van der Waals surface area (Å²) in [4.78, 5) is 30.9. The largest absolute Gasteiger partial charge is 0.476 e. The fraction of sp³-hybridized carbons (Fsp3) is 0.0952. The van der Waals surface area contributed by atoms with E-state index < -0.39 is 11.4 Å². The minimum Gasteiger partial charge on any atom is -0.476 e. The highest BCUT2D eigenvalue weighted by Crippen LogP contribution is 2.41. The zero-order valence-electron chi connectivity index (χ0n) is 14.8. The molecule has 1 aliphatic carbocycles. The van der Waals surface area contributed by atoms with Gasteiger partial charge >= 0.3 is 5.97 Å². The summed E-state index contributed by atoms with van der Waals surface area (Å²) < 4.78 is 1.45. The van der Waals surface area contributed by atoms with Gasteiger partial charge < -0.3 is 5.11 Å². The molecule has 1 unspecified atom stereocenters. The summed E-state index contributed by atoms with van der Waals surface area (Å²) in [6.45, 7) is 0. The molecule has 28 heavy (non-hydrogen) atoms. The van der Waals surface area contributed by atoms with E-state index >= 15 is 0 Å². The van der Waals surface area contributed by atoms with Crippen LogP contribution >= 0.6 is 0 Å². The molecule has 0 bridgehead atoms. The first-order valence-electron chi connectivity index (χ1n) is 8.63. The molecule has 7 heteroatoms. The van der Waals surface area contributed by atoms with Crippen LogP contribution in [-0.4, -0.2) is 37.1 Å². The molecule has 7 nitrogen and oxygen atoms in total. The van der Waals surface area contributed by atoms with Crippen molar-refractivity contribution in [2.45, 2.75) is 11.8 Å². The van der Waals surface area contributed by atoms with E-state index in [1.54, 1.807) is 12.3 Å². The van der Waals surface area contributed by atoms with Crippen molar-refractivity contribution >= 4 is 24.5 Å². The molecular weight excluding hydrogens is 356 g/mol. The molecule has 4 rings (SSSR count). The molecule has 1 atom stereocenters. The van der Waals surface area contributed by atoms with Crippen molar-refractivity contribution in [2.75, 3.05) is 0 Å². The lowest BCUT2D eigenvalue weighted by Gasteiger charge is -2.33. The minimum absolute atomic E-state index is 0.0499. The predicted molar refractivity (Wildman–Crippen MR) is 103 cm³/mol. The Morgan fingerprint density at radius 1 is 1.21 bits per heavy atom. The lowest BCUT2D eigenvalue weighted by molar-refractivity contribution is -0.104. The van der Waals surface area contributed by atoms with Crippen molar-refractivity contribution in [3.63, 3.8) is 0 Å². The van der Waals surface area contributed by atoms with Gasteiger partial charge in [0.25, 0.3) is 0 Å². The number of nitrogens with zero attached hydrogens (tertiary/aromatic N) is 4. The summed E-state index contributed by atoms with van der Waals surface area (Å²) in [7, 11) is 0. The van der Waals surface area contributed by atoms with Crippen LogP contribution in [0.4, 0.5) is 0 Å². The van der Waals surface area contributed by atoms with Crippen molar-refractivity contribution < 1.29 is 14.7 Å². The zero-order chi connectivity index (χ0) is 19.6. The summed E-state index contributed by atoms with van der Waals surface area (Å²) in [5, 5.41) is 13.7. The molecule has 0 saturated carbocycles. The van der Waals surface area contributed by atoms with Crippen molar-refractivity contribution in [3.8, 4) is 0 Å². The Bertz CT molecular complexity index is 1050. The van der Waals surface area contributed by atoms with E-state index in [4.69, 9.17) is 0 Å². The van der Waals surface area contributed by atoms with Crippen LogP contribution in [0.2, 0.25) is 0 Å². The number of fused-ring (bicyclic) bond motifs is 1. The van der Waals surface area contributed by atoms with Crippen LogP contribution in [0.3, 0.4) is 0 Å². The molecule has 0 fully saturated rings. The third kappa shape index (κ3) is 2.83. The third-order valence-electron chi connectivity index (χ3n) is 4.87. The Labute approximate surface area is 160 Å². The Morgan fingerprint density at radius 3 is 2.71 bits per heavy atom. The van der Waals surface area contributed by atoms with Gasteiger partial charge in [-0.3, -0.25) is 4.79 Å². The molecule has 1 N–H and O–H groups in total. The third-order valence-corrected chi connectivity index (χ3v) is 4.87. The van der Waals surface area contributed by atoms with Crippen molar-refractivity contribution in [1.29, 1.82) is 0 Å². The van der Waals surface area contributed by atoms with Crippen LogP contribution < -0.4 is 0 Å². The number of rotatable bonds is 5. The van der Waals surface area contributed by atoms with Crippen molar-refractivity contribution in [1.82, 2.24) is 19.7 Å². The van der Waals surface area contributed by atoms with Gasteiger partial charge in [0.15, 0.2) is 5.69 Å². The highest BCUT2D eigenvalue weighted by atomic mass is 16.4. The first-order chi connectivity index (χ1) is 13.7. The lowest BCUT2D eigenvalue weighted by atomic mass is 9.70. The molecule has 1 aromatic carbocycles. The average molecular weight is 372 g/mol. The Balaban J connectivity index is 1.95. The Morgan fingerprint density at radius 2 is 2.04 bits per heavy atom. The van der Waals surface area contributed by atoms with Gasteiger partial charge in [0.1, 0.15) is 12.6 Å². The summed E-state index contributed by atoms with van der Waals surface area (Å²) in [6.07, 6.45) is 10.7. The van der Waals surface area contributed by atoms with E-state index in [1.807, 2.05) is 42.5 Å². The van der Waals surface area contributed by atoms with Gasteiger partial charge in [-0.15, -0.1) is 0 Å². The van der Waals surface area contributed by atoms with Crippen LogP contribution in [0.25, 0.3) is 12.3 Å². The van der Waals surface area contributed by atoms with Crippen LogP contribution in [-0.2, 0) is 16.6 Å². The van der Waals surface area contributed by atoms with Gasteiger partial charge in [-0.2, -0.15) is 5.10 Å². The van der Waals surface area contributed by atoms with Gasteiger partial charge in [0.05, 0.1) is 16.8 Å². The van der Waals surface area contributed by atoms with E-state index in [9.17, 15) is 14.7 Å². The molecule has 0 radical (unpaired) electrons. The number of carboxylic acids is 1. The van der Waals surface area contributed by atoms with Gasteiger partial charge in [0.2, 0.25) is 0 Å². The second kappa shape index (κ2) is 7.03. The van der Waals surface area contributed by atoms with E-state index in [2.05, 4.69) is 15.1 Å². The van der Waals surface area contributed by atoms with E-state index in [0.717, 1.165) is 11.3 Å². The van der Waals surface area contributed by atoms with Gasteiger partial charge in [0, 0.05) is 24.4 Å². The van der Waals surface area contributed by atoms with Gasteiger partial charge in [-0.05, 0) is 17.7 Å². The zero-order valence-corrected chi connectivity index (χ0v) is 14.8. The first kappa shape index (κ1) is 17.5. The molecule has 0 amide bonds. The highest BCUT2D eigenvalue weighted by Gasteiger charge is 2.39.